The molecule has 1 fully saturated rings. The van der Waals surface area contributed by atoms with Crippen molar-refractivity contribution in [2.75, 3.05) is 0 Å². The molecule has 0 bridgehead atoms. The number of hydrazine groups is 1. The first-order valence-electron chi connectivity index (χ1n) is 5.54. The summed E-state index contributed by atoms with van der Waals surface area (Å²) >= 11 is 5.68. The van der Waals surface area contributed by atoms with Crippen molar-refractivity contribution in [1.29, 1.82) is 0 Å². The molecule has 1 aliphatic heterocycles. The molecule has 1 amide bonds. The van der Waals surface area contributed by atoms with E-state index in [0.717, 1.165) is 0 Å². The quantitative estimate of drug-likeness (QED) is 0.347. The topological polar surface area (TPSA) is 125 Å². The van der Waals surface area contributed by atoms with E-state index in [9.17, 15) is 14.9 Å². The van der Waals surface area contributed by atoms with Crippen LogP contribution < -0.4 is 11.3 Å². The van der Waals surface area contributed by atoms with Crippen LogP contribution in [-0.4, -0.2) is 32.8 Å². The number of amides is 1. The first-order valence-corrected chi connectivity index (χ1v) is 5.92. The second-order valence-corrected chi connectivity index (χ2v) is 4.52. The third-order valence-corrected chi connectivity index (χ3v) is 3.07. The van der Waals surface area contributed by atoms with Crippen LogP contribution in [0.25, 0.3) is 0 Å². The number of hydrogen-bond acceptors (Lipinski definition) is 6. The van der Waals surface area contributed by atoms with Gasteiger partial charge < -0.3 is 14.9 Å². The maximum absolute atomic E-state index is 11.3. The molecule has 1 aliphatic rings. The zero-order valence-corrected chi connectivity index (χ0v) is 10.5. The molecule has 3 N–H and O–H groups in total. The number of carbonyl (C=O) groups is 1. The van der Waals surface area contributed by atoms with Crippen LogP contribution in [-0.2, 0) is 16.1 Å². The molecule has 1 aromatic heterocycles. The zero-order valence-electron chi connectivity index (χ0n) is 9.78. The lowest BCUT2D eigenvalue weighted by Crippen LogP contribution is -2.39. The van der Waals surface area contributed by atoms with Crippen LogP contribution in [0.2, 0.25) is 5.02 Å². The minimum Gasteiger partial charge on any atom is -0.363 e. The fraction of sp³-hybridized carbons (Fsp3) is 0.556. The molecule has 0 saturated carbocycles. The van der Waals surface area contributed by atoms with Crippen molar-refractivity contribution in [2.45, 2.75) is 31.6 Å². The van der Waals surface area contributed by atoms with Crippen LogP contribution in [0.3, 0.4) is 0 Å². The van der Waals surface area contributed by atoms with Crippen molar-refractivity contribution in [3.63, 3.8) is 0 Å². The number of aromatic nitrogens is 2. The molecule has 0 spiro atoms. The number of nitrogens with two attached hydrogens (primary N) is 1. The van der Waals surface area contributed by atoms with Crippen LogP contribution in [0.1, 0.15) is 12.8 Å². The monoisotopic (exact) mass is 289 g/mol. The van der Waals surface area contributed by atoms with Crippen molar-refractivity contribution in [2.24, 2.45) is 5.84 Å². The Balaban J connectivity index is 1.97. The van der Waals surface area contributed by atoms with Crippen molar-refractivity contribution in [1.82, 2.24) is 15.2 Å². The molecule has 0 aliphatic carbocycles. The summed E-state index contributed by atoms with van der Waals surface area (Å²) in [5.41, 5.74) is 2.02. The second kappa shape index (κ2) is 5.51. The Labute approximate surface area is 112 Å². The molecule has 104 valence electrons. The summed E-state index contributed by atoms with van der Waals surface area (Å²) in [5, 5.41) is 14.3. The van der Waals surface area contributed by atoms with Crippen LogP contribution >= 0.6 is 11.6 Å². The van der Waals surface area contributed by atoms with Gasteiger partial charge in [-0.05, 0) is 17.8 Å². The molecule has 19 heavy (non-hydrogen) atoms. The molecule has 2 rings (SSSR count). The van der Waals surface area contributed by atoms with Crippen LogP contribution in [0.15, 0.2) is 6.20 Å². The fourth-order valence-corrected chi connectivity index (χ4v) is 2.16. The summed E-state index contributed by atoms with van der Waals surface area (Å²) in [6.45, 7) is 0.294. The summed E-state index contributed by atoms with van der Waals surface area (Å²) in [5.74, 6) is 4.24. The SMILES string of the molecule is NNC(=O)C1CCC(Cn2cc(Cl)c([N+](=O)[O-])n2)O1. The zero-order chi connectivity index (χ0) is 14.0. The summed E-state index contributed by atoms with van der Waals surface area (Å²) in [6.07, 6.45) is 1.71. The molecular formula is C9H12ClN5O4. The molecular weight excluding hydrogens is 278 g/mol. The first-order chi connectivity index (χ1) is 9.01. The first kappa shape index (κ1) is 13.7. The largest absolute Gasteiger partial charge is 0.408 e. The molecule has 1 aromatic rings. The van der Waals surface area contributed by atoms with Gasteiger partial charge in [-0.15, -0.1) is 0 Å². The molecule has 2 atom stereocenters. The molecule has 1 saturated heterocycles. The molecule has 2 unspecified atom stereocenters. The Morgan fingerprint density at radius 3 is 3.05 bits per heavy atom. The molecule has 10 heteroatoms. The van der Waals surface area contributed by atoms with Gasteiger partial charge >= 0.3 is 5.82 Å². The molecule has 9 nitrogen and oxygen atoms in total. The maximum atomic E-state index is 11.3. The average molecular weight is 290 g/mol. The van der Waals surface area contributed by atoms with Gasteiger partial charge in [-0.1, -0.05) is 11.6 Å². The average Bonchev–Trinajstić information content (AvgIpc) is 2.95. The number of nitrogens with one attached hydrogen (secondary N) is 1. The standard InChI is InChI=1S/C9H12ClN5O4/c10-6-4-14(13-8(6)15(17)18)3-5-1-2-7(19-5)9(16)12-11/h4-5,7H,1-3,11H2,(H,12,16). The van der Waals surface area contributed by atoms with E-state index < -0.39 is 16.8 Å². The Morgan fingerprint density at radius 2 is 2.47 bits per heavy atom. The van der Waals surface area contributed by atoms with Gasteiger partial charge in [-0.3, -0.25) is 10.2 Å². The van der Waals surface area contributed by atoms with Crippen molar-refractivity contribution in [3.8, 4) is 0 Å². The van der Waals surface area contributed by atoms with Crippen LogP contribution in [0.5, 0.6) is 0 Å². The highest BCUT2D eigenvalue weighted by Crippen LogP contribution is 2.24. The normalized spacial score (nSPS) is 22.4. The van der Waals surface area contributed by atoms with Gasteiger partial charge in [0.25, 0.3) is 5.91 Å². The highest BCUT2D eigenvalue weighted by molar-refractivity contribution is 6.32. The smallest absolute Gasteiger partial charge is 0.363 e. The lowest BCUT2D eigenvalue weighted by atomic mass is 10.2. The predicted molar refractivity (Wildman–Crippen MR) is 64.1 cm³/mol. The van der Waals surface area contributed by atoms with E-state index in [0.29, 0.717) is 19.4 Å². The van der Waals surface area contributed by atoms with Gasteiger partial charge in [0, 0.05) is 0 Å². The van der Waals surface area contributed by atoms with E-state index in [2.05, 4.69) is 5.10 Å². The van der Waals surface area contributed by atoms with E-state index in [4.69, 9.17) is 22.2 Å². The van der Waals surface area contributed by atoms with Crippen LogP contribution in [0.4, 0.5) is 5.82 Å². The van der Waals surface area contributed by atoms with Gasteiger partial charge in [-0.25, -0.2) is 5.84 Å². The lowest BCUT2D eigenvalue weighted by molar-refractivity contribution is -0.389. The Bertz CT molecular complexity index is 505. The Hall–Kier alpha value is -1.71. The molecule has 2 heterocycles. The summed E-state index contributed by atoms with van der Waals surface area (Å²) < 4.78 is 6.80. The van der Waals surface area contributed by atoms with Crippen molar-refractivity contribution >= 4 is 23.3 Å². The number of rotatable bonds is 4. The Morgan fingerprint density at radius 1 is 1.74 bits per heavy atom. The van der Waals surface area contributed by atoms with Gasteiger partial charge in [0.2, 0.25) is 0 Å². The number of nitro groups is 1. The van der Waals surface area contributed by atoms with E-state index in [-0.39, 0.29) is 17.0 Å². The van der Waals surface area contributed by atoms with Gasteiger partial charge in [0.1, 0.15) is 6.10 Å². The lowest BCUT2D eigenvalue weighted by Gasteiger charge is -2.10. The summed E-state index contributed by atoms with van der Waals surface area (Å²) in [6, 6.07) is 0. The van der Waals surface area contributed by atoms with E-state index in [1.165, 1.54) is 10.9 Å². The van der Waals surface area contributed by atoms with E-state index in [1.54, 1.807) is 0 Å². The van der Waals surface area contributed by atoms with Gasteiger partial charge in [0.15, 0.2) is 5.02 Å². The highest BCUT2D eigenvalue weighted by Gasteiger charge is 2.31. The minimum atomic E-state index is -0.654. The number of ether oxygens (including phenoxy) is 1. The van der Waals surface area contributed by atoms with Crippen LogP contribution in [0, 0.1) is 10.1 Å². The highest BCUT2D eigenvalue weighted by atomic mass is 35.5. The van der Waals surface area contributed by atoms with Crippen molar-refractivity contribution < 1.29 is 14.5 Å². The summed E-state index contributed by atoms with van der Waals surface area (Å²) in [4.78, 5) is 21.2. The van der Waals surface area contributed by atoms with Gasteiger partial charge in [-0.2, -0.15) is 4.68 Å². The van der Waals surface area contributed by atoms with Crippen molar-refractivity contribution in [3.05, 3.63) is 21.3 Å². The third kappa shape index (κ3) is 3.00. The molecule has 0 radical (unpaired) electrons. The number of carbonyl (C=O) groups excluding carboxylic acids is 1. The fourth-order valence-electron chi connectivity index (χ4n) is 1.94. The maximum Gasteiger partial charge on any atom is 0.408 e. The second-order valence-electron chi connectivity index (χ2n) is 4.11. The van der Waals surface area contributed by atoms with Gasteiger partial charge in [0.05, 0.1) is 23.9 Å². The number of halogens is 1. The Kier molecular flexibility index (Phi) is 3.98. The molecule has 0 aromatic carbocycles. The minimum absolute atomic E-state index is 0.0285. The third-order valence-electron chi connectivity index (χ3n) is 2.81. The number of hydrogen-bond donors (Lipinski definition) is 2. The number of nitrogens with zero attached hydrogens (tertiary/aromatic N) is 3. The van der Waals surface area contributed by atoms with E-state index >= 15 is 0 Å². The van der Waals surface area contributed by atoms with E-state index in [1.807, 2.05) is 5.43 Å². The summed E-state index contributed by atoms with van der Waals surface area (Å²) in [7, 11) is 0. The predicted octanol–water partition coefficient (Wildman–Crippen LogP) is -0.0178.